The van der Waals surface area contributed by atoms with Gasteiger partial charge in [-0.1, -0.05) is 13.8 Å². The van der Waals surface area contributed by atoms with Gasteiger partial charge in [0.25, 0.3) is 0 Å². The smallest absolute Gasteiger partial charge is 0.229 e. The molecule has 2 heterocycles. The molecule has 1 aromatic heterocycles. The minimum absolute atomic E-state index is 0.165. The molecule has 0 radical (unpaired) electrons. The zero-order valence-electron chi connectivity index (χ0n) is 19.8. The van der Waals surface area contributed by atoms with Crippen molar-refractivity contribution in [3.05, 3.63) is 36.4 Å². The average molecular weight is 441 g/mol. The van der Waals surface area contributed by atoms with Crippen molar-refractivity contribution in [1.29, 1.82) is 0 Å². The van der Waals surface area contributed by atoms with Crippen LogP contribution in [0.2, 0.25) is 0 Å². The lowest BCUT2D eigenvalue weighted by Crippen LogP contribution is -2.56. The van der Waals surface area contributed by atoms with Crippen LogP contribution >= 0.6 is 0 Å². The molecule has 1 saturated carbocycles. The topological polar surface area (TPSA) is 59.8 Å². The second-order valence-electron chi connectivity index (χ2n) is 9.53. The van der Waals surface area contributed by atoms with E-state index >= 15 is 0 Å². The first-order valence-corrected chi connectivity index (χ1v) is 11.8. The molecule has 174 valence electrons. The molecule has 0 N–H and O–H groups in total. The van der Waals surface area contributed by atoms with Gasteiger partial charge in [0, 0.05) is 50.7 Å². The monoisotopic (exact) mass is 440 g/mol. The largest absolute Gasteiger partial charge is 0.493 e. The Morgan fingerprint density at radius 1 is 1.22 bits per heavy atom. The second kappa shape index (κ2) is 9.84. The predicted molar refractivity (Wildman–Crippen MR) is 125 cm³/mol. The SMILES string of the molecule is COc1ccc(N2CCN(C(=O)Cc3cn(C)cn3)[C@@H](CC(C)C)C2)cc1OC1CCC1. The molecule has 32 heavy (non-hydrogen) atoms. The maximum Gasteiger partial charge on any atom is 0.229 e. The summed E-state index contributed by atoms with van der Waals surface area (Å²) in [5.41, 5.74) is 1.96. The number of methoxy groups -OCH3 is 1. The molecule has 0 unspecified atom stereocenters. The number of aromatic nitrogens is 2. The Morgan fingerprint density at radius 3 is 2.66 bits per heavy atom. The Hall–Kier alpha value is -2.70. The molecule has 2 aromatic rings. The number of nitrogens with zero attached hydrogens (tertiary/aromatic N) is 4. The number of hydrogen-bond acceptors (Lipinski definition) is 5. The number of hydrogen-bond donors (Lipinski definition) is 0. The fourth-order valence-corrected chi connectivity index (χ4v) is 4.60. The van der Waals surface area contributed by atoms with Crippen molar-refractivity contribution in [3.8, 4) is 11.5 Å². The van der Waals surface area contributed by atoms with Gasteiger partial charge >= 0.3 is 0 Å². The van der Waals surface area contributed by atoms with E-state index in [2.05, 4.69) is 40.8 Å². The molecule has 7 nitrogen and oxygen atoms in total. The van der Waals surface area contributed by atoms with Crippen molar-refractivity contribution in [2.45, 2.75) is 58.1 Å². The molecule has 0 bridgehead atoms. The molecule has 7 heteroatoms. The highest BCUT2D eigenvalue weighted by molar-refractivity contribution is 5.79. The van der Waals surface area contributed by atoms with Gasteiger partial charge in [0.15, 0.2) is 11.5 Å². The van der Waals surface area contributed by atoms with E-state index in [1.807, 2.05) is 23.9 Å². The summed E-state index contributed by atoms with van der Waals surface area (Å²) < 4.78 is 13.6. The van der Waals surface area contributed by atoms with Crippen LogP contribution in [0, 0.1) is 5.92 Å². The van der Waals surface area contributed by atoms with Crippen LogP contribution in [0.3, 0.4) is 0 Å². The third kappa shape index (κ3) is 5.19. The molecule has 1 aliphatic carbocycles. The number of imidazole rings is 1. The molecule has 1 atom stereocenters. The number of benzene rings is 1. The minimum atomic E-state index is 0.165. The first kappa shape index (κ1) is 22.5. The van der Waals surface area contributed by atoms with Crippen LogP contribution < -0.4 is 14.4 Å². The standard InChI is InChI=1S/C25H36N4O3/c1-18(2)12-21-16-28(10-11-29(21)25(30)13-19-15-27(3)17-26-19)20-8-9-23(31-4)24(14-20)32-22-6-5-7-22/h8-9,14-15,17-18,21-22H,5-7,10-13,16H2,1-4H3/t21-/m0/s1. The predicted octanol–water partition coefficient (Wildman–Crippen LogP) is 3.67. The van der Waals surface area contributed by atoms with Crippen LogP contribution in [0.5, 0.6) is 11.5 Å². The van der Waals surface area contributed by atoms with E-state index in [9.17, 15) is 4.79 Å². The number of carbonyl (C=O) groups excluding carboxylic acids is 1. The molecule has 1 saturated heterocycles. The minimum Gasteiger partial charge on any atom is -0.493 e. The number of aryl methyl sites for hydroxylation is 1. The van der Waals surface area contributed by atoms with Gasteiger partial charge in [-0.2, -0.15) is 0 Å². The number of rotatable bonds is 8. The molecule has 2 fully saturated rings. The van der Waals surface area contributed by atoms with E-state index in [0.29, 0.717) is 25.0 Å². The van der Waals surface area contributed by atoms with Crippen molar-refractivity contribution in [2.75, 3.05) is 31.6 Å². The van der Waals surface area contributed by atoms with E-state index in [1.54, 1.807) is 13.4 Å². The second-order valence-corrected chi connectivity index (χ2v) is 9.53. The van der Waals surface area contributed by atoms with E-state index in [1.165, 1.54) is 6.42 Å². The van der Waals surface area contributed by atoms with E-state index in [0.717, 1.165) is 55.2 Å². The van der Waals surface area contributed by atoms with Gasteiger partial charge in [0.05, 0.1) is 31.7 Å². The highest BCUT2D eigenvalue weighted by atomic mass is 16.5. The summed E-state index contributed by atoms with van der Waals surface area (Å²) in [4.78, 5) is 21.9. The van der Waals surface area contributed by atoms with Gasteiger partial charge in [-0.3, -0.25) is 4.79 Å². The summed E-state index contributed by atoms with van der Waals surface area (Å²) in [6.07, 6.45) is 8.77. The van der Waals surface area contributed by atoms with Crippen LogP contribution in [0.1, 0.15) is 45.2 Å². The zero-order valence-corrected chi connectivity index (χ0v) is 19.8. The third-order valence-corrected chi connectivity index (χ3v) is 6.50. The molecule has 2 aliphatic rings. The third-order valence-electron chi connectivity index (χ3n) is 6.50. The van der Waals surface area contributed by atoms with Crippen molar-refractivity contribution in [1.82, 2.24) is 14.5 Å². The van der Waals surface area contributed by atoms with Crippen molar-refractivity contribution >= 4 is 11.6 Å². The number of amides is 1. The molecule has 4 rings (SSSR count). The molecule has 1 aromatic carbocycles. The summed E-state index contributed by atoms with van der Waals surface area (Å²) >= 11 is 0. The molecule has 0 spiro atoms. The molecular weight excluding hydrogens is 404 g/mol. The van der Waals surface area contributed by atoms with Gasteiger partial charge in [-0.05, 0) is 43.7 Å². The number of piperazine rings is 1. The maximum absolute atomic E-state index is 13.1. The Morgan fingerprint density at radius 2 is 2.03 bits per heavy atom. The van der Waals surface area contributed by atoms with Crippen LogP contribution in [-0.4, -0.2) is 59.2 Å². The fraction of sp³-hybridized carbons (Fsp3) is 0.600. The van der Waals surface area contributed by atoms with Crippen molar-refractivity contribution in [2.24, 2.45) is 13.0 Å². The zero-order chi connectivity index (χ0) is 22.7. The average Bonchev–Trinajstić information content (AvgIpc) is 3.14. The van der Waals surface area contributed by atoms with Gasteiger partial charge in [-0.15, -0.1) is 0 Å². The van der Waals surface area contributed by atoms with Crippen molar-refractivity contribution in [3.63, 3.8) is 0 Å². The van der Waals surface area contributed by atoms with Gasteiger partial charge in [-0.25, -0.2) is 4.98 Å². The number of anilines is 1. The lowest BCUT2D eigenvalue weighted by Gasteiger charge is -2.43. The van der Waals surface area contributed by atoms with Crippen LogP contribution in [0.25, 0.3) is 0 Å². The Bertz CT molecular complexity index is 922. The molecular formula is C25H36N4O3. The summed E-state index contributed by atoms with van der Waals surface area (Å²) in [6.45, 7) is 6.78. The van der Waals surface area contributed by atoms with Crippen LogP contribution in [0.15, 0.2) is 30.7 Å². The van der Waals surface area contributed by atoms with Crippen LogP contribution in [0.4, 0.5) is 5.69 Å². The fourth-order valence-electron chi connectivity index (χ4n) is 4.60. The summed E-state index contributed by atoms with van der Waals surface area (Å²) in [6, 6.07) is 6.39. The Kier molecular flexibility index (Phi) is 6.92. The summed E-state index contributed by atoms with van der Waals surface area (Å²) in [7, 11) is 3.62. The van der Waals surface area contributed by atoms with Crippen LogP contribution in [-0.2, 0) is 18.3 Å². The van der Waals surface area contributed by atoms with Crippen molar-refractivity contribution < 1.29 is 14.3 Å². The quantitative estimate of drug-likeness (QED) is 0.627. The molecule has 1 amide bonds. The number of carbonyl (C=O) groups is 1. The Balaban J connectivity index is 1.48. The van der Waals surface area contributed by atoms with Gasteiger partial charge < -0.3 is 23.8 Å². The first-order valence-electron chi connectivity index (χ1n) is 11.8. The first-order chi connectivity index (χ1) is 15.4. The summed E-state index contributed by atoms with van der Waals surface area (Å²) in [5.74, 6) is 2.28. The molecule has 1 aliphatic heterocycles. The lowest BCUT2D eigenvalue weighted by molar-refractivity contribution is -0.133. The highest BCUT2D eigenvalue weighted by Crippen LogP contribution is 2.36. The van der Waals surface area contributed by atoms with E-state index < -0.39 is 0 Å². The maximum atomic E-state index is 13.1. The van der Waals surface area contributed by atoms with E-state index in [-0.39, 0.29) is 11.9 Å². The Labute approximate surface area is 191 Å². The number of ether oxygens (including phenoxy) is 2. The summed E-state index contributed by atoms with van der Waals surface area (Å²) in [5, 5.41) is 0. The normalized spacial score (nSPS) is 19.2. The highest BCUT2D eigenvalue weighted by Gasteiger charge is 2.32. The van der Waals surface area contributed by atoms with Gasteiger partial charge in [0.1, 0.15) is 0 Å². The van der Waals surface area contributed by atoms with Gasteiger partial charge in [0.2, 0.25) is 5.91 Å². The van der Waals surface area contributed by atoms with E-state index in [4.69, 9.17) is 9.47 Å². The lowest BCUT2D eigenvalue weighted by atomic mass is 9.96.